The third-order valence-electron chi connectivity index (χ3n) is 3.82. The van der Waals surface area contributed by atoms with Crippen molar-refractivity contribution in [3.63, 3.8) is 0 Å². The highest BCUT2D eigenvalue weighted by Gasteiger charge is 2.39. The minimum atomic E-state index is -1.25. The largest absolute Gasteiger partial charge is 0.480 e. The second-order valence-electron chi connectivity index (χ2n) is 7.19. The molecule has 0 aromatic heterocycles. The number of nitrogens with zero attached hydrogens (tertiary/aromatic N) is 1. The maximum Gasteiger partial charge on any atom is 0.411 e. The summed E-state index contributed by atoms with van der Waals surface area (Å²) in [6.07, 6.45) is -0.154. The van der Waals surface area contributed by atoms with E-state index in [2.05, 4.69) is 0 Å². The van der Waals surface area contributed by atoms with Gasteiger partial charge in [-0.15, -0.1) is 0 Å². The number of carbonyl (C=O) groups excluding carboxylic acids is 2. The lowest BCUT2D eigenvalue weighted by Crippen LogP contribution is -2.54. The first-order chi connectivity index (χ1) is 12.6. The van der Waals surface area contributed by atoms with Crippen LogP contribution in [-0.2, 0) is 25.5 Å². The first kappa shape index (κ1) is 22.5. The van der Waals surface area contributed by atoms with Gasteiger partial charge in [-0.25, -0.2) is 14.4 Å². The zero-order chi connectivity index (χ0) is 20.6. The van der Waals surface area contributed by atoms with Gasteiger partial charge in [0.15, 0.2) is 0 Å². The highest BCUT2D eigenvalue weighted by Crippen LogP contribution is 2.20. The lowest BCUT2D eigenvalue weighted by atomic mass is 10.0. The predicted molar refractivity (Wildman–Crippen MR) is 100 cm³/mol. The fourth-order valence-electron chi connectivity index (χ4n) is 2.55. The van der Waals surface area contributed by atoms with Crippen molar-refractivity contribution in [3.05, 3.63) is 35.9 Å². The molecule has 0 fully saturated rings. The van der Waals surface area contributed by atoms with Crippen LogP contribution in [0.15, 0.2) is 30.3 Å². The topological polar surface area (TPSA) is 93.1 Å². The van der Waals surface area contributed by atoms with Crippen LogP contribution in [0.4, 0.5) is 4.79 Å². The monoisotopic (exact) mass is 379 g/mol. The molecule has 0 heterocycles. The van der Waals surface area contributed by atoms with Crippen LogP contribution in [0.5, 0.6) is 0 Å². The summed E-state index contributed by atoms with van der Waals surface area (Å²) in [5.41, 5.74) is 0.144. The summed E-state index contributed by atoms with van der Waals surface area (Å²) in [5.74, 6) is -1.87. The standard InChI is InChI=1S/C20H29NO6/c1-6-26-18(24)16(13-12-15-10-8-7-9-11-15)21(14(2)17(22)23)19(25)27-20(3,4)5/h7-11,14,16H,6,12-13H2,1-5H3,(H,22,23)/t14-,16-/m0/s1. The molecule has 0 aliphatic heterocycles. The minimum absolute atomic E-state index is 0.129. The molecule has 150 valence electrons. The van der Waals surface area contributed by atoms with Crippen LogP contribution in [0.2, 0.25) is 0 Å². The number of benzene rings is 1. The fourth-order valence-corrected chi connectivity index (χ4v) is 2.55. The van der Waals surface area contributed by atoms with Gasteiger partial charge in [0.2, 0.25) is 0 Å². The molecule has 1 rings (SSSR count). The van der Waals surface area contributed by atoms with Crippen molar-refractivity contribution in [2.75, 3.05) is 6.61 Å². The maximum atomic E-state index is 12.7. The van der Waals surface area contributed by atoms with Crippen molar-refractivity contribution in [1.82, 2.24) is 4.90 Å². The van der Waals surface area contributed by atoms with Gasteiger partial charge in [0.05, 0.1) is 6.61 Å². The summed E-state index contributed by atoms with van der Waals surface area (Å²) in [6.45, 7) is 8.17. The van der Waals surface area contributed by atoms with Crippen molar-refractivity contribution in [3.8, 4) is 0 Å². The predicted octanol–water partition coefficient (Wildman–Crippen LogP) is 3.26. The molecule has 7 heteroatoms. The van der Waals surface area contributed by atoms with Crippen LogP contribution in [0.1, 0.15) is 46.6 Å². The molecule has 7 nitrogen and oxygen atoms in total. The Labute approximate surface area is 160 Å². The smallest absolute Gasteiger partial charge is 0.411 e. The van der Waals surface area contributed by atoms with E-state index in [9.17, 15) is 19.5 Å². The van der Waals surface area contributed by atoms with E-state index < -0.39 is 35.7 Å². The van der Waals surface area contributed by atoms with Crippen molar-refractivity contribution >= 4 is 18.0 Å². The molecule has 0 bridgehead atoms. The van der Waals surface area contributed by atoms with Crippen molar-refractivity contribution in [2.24, 2.45) is 0 Å². The normalized spacial score (nSPS) is 13.4. The third kappa shape index (κ3) is 7.29. The molecule has 2 atom stereocenters. The number of hydrogen-bond acceptors (Lipinski definition) is 5. The molecule has 1 N–H and O–H groups in total. The Morgan fingerprint density at radius 3 is 2.22 bits per heavy atom. The number of carboxylic acid groups (broad SMARTS) is 1. The summed E-state index contributed by atoms with van der Waals surface area (Å²) in [4.78, 5) is 37.8. The van der Waals surface area contributed by atoms with E-state index in [-0.39, 0.29) is 13.0 Å². The van der Waals surface area contributed by atoms with Crippen LogP contribution in [0.3, 0.4) is 0 Å². The molecule has 1 amide bonds. The maximum absolute atomic E-state index is 12.7. The molecule has 0 radical (unpaired) electrons. The molecule has 27 heavy (non-hydrogen) atoms. The van der Waals surface area contributed by atoms with E-state index in [1.165, 1.54) is 6.92 Å². The van der Waals surface area contributed by atoms with Crippen molar-refractivity contribution in [2.45, 2.75) is 65.1 Å². The van der Waals surface area contributed by atoms with Gasteiger partial charge in [0.25, 0.3) is 0 Å². The van der Waals surface area contributed by atoms with Gasteiger partial charge in [0.1, 0.15) is 17.7 Å². The van der Waals surface area contributed by atoms with E-state index in [1.807, 2.05) is 30.3 Å². The molecule has 0 spiro atoms. The average molecular weight is 379 g/mol. The van der Waals surface area contributed by atoms with Crippen LogP contribution < -0.4 is 0 Å². The summed E-state index contributed by atoms with van der Waals surface area (Å²) in [7, 11) is 0. The number of amides is 1. The number of ether oxygens (including phenoxy) is 2. The Morgan fingerprint density at radius 2 is 1.74 bits per heavy atom. The zero-order valence-electron chi connectivity index (χ0n) is 16.6. The highest BCUT2D eigenvalue weighted by atomic mass is 16.6. The molecule has 0 unspecified atom stereocenters. The number of aliphatic carboxylic acids is 1. The zero-order valence-corrected chi connectivity index (χ0v) is 16.6. The van der Waals surface area contributed by atoms with Crippen LogP contribution >= 0.6 is 0 Å². The Bertz CT molecular complexity index is 638. The SMILES string of the molecule is CCOC(=O)[C@H](CCc1ccccc1)N(C(=O)OC(C)(C)C)[C@@H](C)C(=O)O. The third-order valence-corrected chi connectivity index (χ3v) is 3.82. The lowest BCUT2D eigenvalue weighted by Gasteiger charge is -2.34. The van der Waals surface area contributed by atoms with E-state index >= 15 is 0 Å². The van der Waals surface area contributed by atoms with E-state index in [4.69, 9.17) is 9.47 Å². The van der Waals surface area contributed by atoms with Crippen LogP contribution in [0.25, 0.3) is 0 Å². The summed E-state index contributed by atoms with van der Waals surface area (Å²) in [5, 5.41) is 9.44. The molecule has 0 saturated carbocycles. The Morgan fingerprint density at radius 1 is 1.15 bits per heavy atom. The first-order valence-electron chi connectivity index (χ1n) is 9.01. The Hall–Kier alpha value is -2.57. The van der Waals surface area contributed by atoms with Gasteiger partial charge in [-0.05, 0) is 53.0 Å². The number of carboxylic acids is 1. The second-order valence-corrected chi connectivity index (χ2v) is 7.19. The first-order valence-corrected chi connectivity index (χ1v) is 9.01. The highest BCUT2D eigenvalue weighted by molar-refractivity contribution is 5.86. The number of esters is 1. The molecular weight excluding hydrogens is 350 g/mol. The minimum Gasteiger partial charge on any atom is -0.480 e. The van der Waals surface area contributed by atoms with Gasteiger partial charge < -0.3 is 14.6 Å². The second kappa shape index (κ2) is 9.94. The number of aryl methyl sites for hydroxylation is 1. The Balaban J connectivity index is 3.16. The summed E-state index contributed by atoms with van der Waals surface area (Å²) >= 11 is 0. The molecule has 0 aliphatic carbocycles. The number of hydrogen-bond donors (Lipinski definition) is 1. The number of rotatable bonds is 8. The quantitative estimate of drug-likeness (QED) is 0.697. The molecule has 0 aliphatic rings. The molecule has 0 saturated heterocycles. The Kier molecular flexibility index (Phi) is 8.28. The summed E-state index contributed by atoms with van der Waals surface area (Å²) in [6, 6.07) is 7.13. The summed E-state index contributed by atoms with van der Waals surface area (Å²) < 4.78 is 10.5. The molecular formula is C20H29NO6. The average Bonchev–Trinajstić information content (AvgIpc) is 2.57. The van der Waals surface area contributed by atoms with Crippen LogP contribution in [0, 0.1) is 0 Å². The molecule has 1 aromatic rings. The molecule has 1 aromatic carbocycles. The van der Waals surface area contributed by atoms with E-state index in [0.29, 0.717) is 6.42 Å². The van der Waals surface area contributed by atoms with E-state index in [1.54, 1.807) is 27.7 Å². The van der Waals surface area contributed by atoms with Gasteiger partial charge >= 0.3 is 18.0 Å². The number of carbonyl (C=O) groups is 3. The van der Waals surface area contributed by atoms with Crippen molar-refractivity contribution in [1.29, 1.82) is 0 Å². The van der Waals surface area contributed by atoms with Gasteiger partial charge in [-0.1, -0.05) is 30.3 Å². The van der Waals surface area contributed by atoms with Gasteiger partial charge in [-0.2, -0.15) is 0 Å². The van der Waals surface area contributed by atoms with Gasteiger partial charge in [0, 0.05) is 0 Å². The van der Waals surface area contributed by atoms with Crippen molar-refractivity contribution < 1.29 is 29.0 Å². The fraction of sp³-hybridized carbons (Fsp3) is 0.550. The van der Waals surface area contributed by atoms with Gasteiger partial charge in [-0.3, -0.25) is 4.90 Å². The van der Waals surface area contributed by atoms with Crippen LogP contribution in [-0.4, -0.2) is 52.3 Å². The van der Waals surface area contributed by atoms with E-state index in [0.717, 1.165) is 10.5 Å². The lowest BCUT2D eigenvalue weighted by molar-refractivity contribution is -0.154.